The number of likely N-dealkylation sites (tertiary alicyclic amines) is 1. The zero-order valence-corrected chi connectivity index (χ0v) is 7.21. The van der Waals surface area contributed by atoms with Gasteiger partial charge in [-0.2, -0.15) is 0 Å². The first-order chi connectivity index (χ1) is 5.20. The number of hydrogen-bond donors (Lipinski definition) is 0. The van der Waals surface area contributed by atoms with E-state index < -0.39 is 0 Å². The van der Waals surface area contributed by atoms with Crippen molar-refractivity contribution in [3.8, 4) is 0 Å². The first-order valence-corrected chi connectivity index (χ1v) is 4.42. The van der Waals surface area contributed by atoms with Crippen molar-refractivity contribution < 1.29 is 4.79 Å². The van der Waals surface area contributed by atoms with Crippen molar-refractivity contribution in [2.75, 3.05) is 7.05 Å². The molecule has 2 aliphatic rings. The van der Waals surface area contributed by atoms with Crippen molar-refractivity contribution in [1.82, 2.24) is 4.90 Å². The fourth-order valence-electron chi connectivity index (χ4n) is 2.34. The van der Waals surface area contributed by atoms with Gasteiger partial charge in [0.05, 0.1) is 6.04 Å². The van der Waals surface area contributed by atoms with Crippen LogP contribution in [0.25, 0.3) is 0 Å². The lowest BCUT2D eigenvalue weighted by Gasteiger charge is -2.30. The number of ketones is 1. The highest BCUT2D eigenvalue weighted by Crippen LogP contribution is 2.44. The van der Waals surface area contributed by atoms with Gasteiger partial charge in [-0.05, 0) is 39.2 Å². The van der Waals surface area contributed by atoms with Gasteiger partial charge in [-0.1, -0.05) is 0 Å². The van der Waals surface area contributed by atoms with Crippen molar-refractivity contribution >= 4 is 5.78 Å². The number of carbonyl (C=O) groups is 1. The van der Waals surface area contributed by atoms with Gasteiger partial charge in [0.1, 0.15) is 5.78 Å². The van der Waals surface area contributed by atoms with Gasteiger partial charge in [0, 0.05) is 6.04 Å². The Bertz CT molecular complexity index is 190. The predicted molar refractivity (Wildman–Crippen MR) is 43.4 cm³/mol. The second-order valence-corrected chi connectivity index (χ2v) is 3.93. The number of piperidine rings is 1. The van der Waals surface area contributed by atoms with E-state index in [-0.39, 0.29) is 6.04 Å². The van der Waals surface area contributed by atoms with Gasteiger partial charge in [0.15, 0.2) is 0 Å². The van der Waals surface area contributed by atoms with Crippen LogP contribution < -0.4 is 0 Å². The largest absolute Gasteiger partial charge is 0.298 e. The van der Waals surface area contributed by atoms with Crippen LogP contribution >= 0.6 is 0 Å². The monoisotopic (exact) mass is 153 g/mol. The summed E-state index contributed by atoms with van der Waals surface area (Å²) in [5, 5.41) is 0. The molecule has 0 radical (unpaired) electrons. The Morgan fingerprint density at radius 1 is 1.45 bits per heavy atom. The Morgan fingerprint density at radius 3 is 2.82 bits per heavy atom. The normalized spacial score (nSPS) is 43.3. The molecule has 3 atom stereocenters. The number of rotatable bonds is 1. The third-order valence-electron chi connectivity index (χ3n) is 3.18. The molecule has 1 aliphatic carbocycles. The standard InChI is InChI=1S/C9H15NO/c1-6(11)8-4-3-7-5-9(7)10(8)2/h7-9H,3-5H2,1-2H3/t7-,8?,9?/m1/s1. The summed E-state index contributed by atoms with van der Waals surface area (Å²) < 4.78 is 0. The fraction of sp³-hybridized carbons (Fsp3) is 0.889. The second-order valence-electron chi connectivity index (χ2n) is 3.93. The van der Waals surface area contributed by atoms with E-state index in [0.29, 0.717) is 5.78 Å². The number of carbonyl (C=O) groups excluding carboxylic acids is 1. The minimum absolute atomic E-state index is 0.235. The molecular formula is C9H15NO. The molecule has 2 rings (SSSR count). The summed E-state index contributed by atoms with van der Waals surface area (Å²) in [6, 6.07) is 0.983. The van der Waals surface area contributed by atoms with Crippen LogP contribution in [0.1, 0.15) is 26.2 Å². The first kappa shape index (κ1) is 7.29. The highest BCUT2D eigenvalue weighted by Gasteiger charge is 2.46. The number of fused-ring (bicyclic) bond motifs is 1. The maximum Gasteiger partial charge on any atom is 0.146 e. The van der Waals surface area contributed by atoms with Gasteiger partial charge >= 0.3 is 0 Å². The van der Waals surface area contributed by atoms with E-state index in [1.54, 1.807) is 6.92 Å². The van der Waals surface area contributed by atoms with E-state index in [2.05, 4.69) is 11.9 Å². The fourth-order valence-corrected chi connectivity index (χ4v) is 2.34. The van der Waals surface area contributed by atoms with Crippen LogP contribution in [0.4, 0.5) is 0 Å². The molecule has 2 nitrogen and oxygen atoms in total. The van der Waals surface area contributed by atoms with E-state index in [1.165, 1.54) is 12.8 Å². The van der Waals surface area contributed by atoms with Crippen LogP contribution in [0.15, 0.2) is 0 Å². The Kier molecular flexibility index (Phi) is 1.53. The van der Waals surface area contributed by atoms with Gasteiger partial charge in [-0.25, -0.2) is 0 Å². The van der Waals surface area contributed by atoms with Crippen molar-refractivity contribution in [1.29, 1.82) is 0 Å². The van der Waals surface area contributed by atoms with Crippen LogP contribution in [-0.2, 0) is 4.79 Å². The molecule has 0 aromatic carbocycles. The smallest absolute Gasteiger partial charge is 0.146 e. The van der Waals surface area contributed by atoms with E-state index in [9.17, 15) is 4.79 Å². The quantitative estimate of drug-likeness (QED) is 0.561. The summed E-state index contributed by atoms with van der Waals surface area (Å²) >= 11 is 0. The molecule has 2 fully saturated rings. The molecular weight excluding hydrogens is 138 g/mol. The number of hydrogen-bond acceptors (Lipinski definition) is 2. The molecule has 0 spiro atoms. The summed E-state index contributed by atoms with van der Waals surface area (Å²) in [5.41, 5.74) is 0. The van der Waals surface area contributed by atoms with E-state index in [4.69, 9.17) is 0 Å². The molecule has 0 bridgehead atoms. The molecule has 62 valence electrons. The zero-order chi connectivity index (χ0) is 8.01. The molecule has 2 unspecified atom stereocenters. The lowest BCUT2D eigenvalue weighted by atomic mass is 10.00. The minimum atomic E-state index is 0.235. The first-order valence-electron chi connectivity index (χ1n) is 4.42. The molecule has 2 heteroatoms. The lowest BCUT2D eigenvalue weighted by molar-refractivity contribution is -0.122. The topological polar surface area (TPSA) is 20.3 Å². The summed E-state index contributed by atoms with van der Waals surface area (Å²) in [4.78, 5) is 13.4. The molecule has 0 aromatic rings. The van der Waals surface area contributed by atoms with E-state index >= 15 is 0 Å². The molecule has 1 saturated heterocycles. The Balaban J connectivity index is 2.05. The maximum atomic E-state index is 11.1. The average Bonchev–Trinajstić information content (AvgIpc) is 2.66. The van der Waals surface area contributed by atoms with Gasteiger partial charge < -0.3 is 0 Å². The van der Waals surface area contributed by atoms with Gasteiger partial charge in [0.25, 0.3) is 0 Å². The predicted octanol–water partition coefficient (Wildman–Crippen LogP) is 1.06. The number of Topliss-reactive ketones (excluding diaryl/α,β-unsaturated/α-hetero) is 1. The summed E-state index contributed by atoms with van der Waals surface area (Å²) in [6.07, 6.45) is 3.70. The van der Waals surface area contributed by atoms with Crippen LogP contribution in [-0.4, -0.2) is 29.8 Å². The van der Waals surface area contributed by atoms with Crippen molar-refractivity contribution in [2.24, 2.45) is 5.92 Å². The Hall–Kier alpha value is -0.370. The average molecular weight is 153 g/mol. The number of likely N-dealkylation sites (N-methyl/N-ethyl adjacent to an activating group) is 1. The summed E-state index contributed by atoms with van der Waals surface area (Å²) in [7, 11) is 2.09. The van der Waals surface area contributed by atoms with Crippen molar-refractivity contribution in [2.45, 2.75) is 38.3 Å². The minimum Gasteiger partial charge on any atom is -0.298 e. The molecule has 0 N–H and O–H groups in total. The zero-order valence-electron chi connectivity index (χ0n) is 7.21. The SMILES string of the molecule is CC(=O)C1CC[C@@H]2CC2N1C. The van der Waals surface area contributed by atoms with Crippen molar-refractivity contribution in [3.05, 3.63) is 0 Å². The molecule has 11 heavy (non-hydrogen) atoms. The van der Waals surface area contributed by atoms with Gasteiger partial charge in [-0.15, -0.1) is 0 Å². The molecule has 1 aliphatic heterocycles. The molecule has 0 amide bonds. The molecule has 1 saturated carbocycles. The van der Waals surface area contributed by atoms with Gasteiger partial charge in [-0.3, -0.25) is 9.69 Å². The Labute approximate surface area is 67.6 Å². The maximum absolute atomic E-state index is 11.1. The van der Waals surface area contributed by atoms with Gasteiger partial charge in [0.2, 0.25) is 0 Å². The molecule has 0 aromatic heterocycles. The lowest BCUT2D eigenvalue weighted by Crippen LogP contribution is -2.42. The Morgan fingerprint density at radius 2 is 2.18 bits per heavy atom. The van der Waals surface area contributed by atoms with Crippen LogP contribution in [0.2, 0.25) is 0 Å². The van der Waals surface area contributed by atoms with Crippen LogP contribution in [0, 0.1) is 5.92 Å². The van der Waals surface area contributed by atoms with E-state index in [0.717, 1.165) is 18.4 Å². The third-order valence-corrected chi connectivity index (χ3v) is 3.18. The van der Waals surface area contributed by atoms with Crippen LogP contribution in [0.3, 0.4) is 0 Å². The summed E-state index contributed by atoms with van der Waals surface area (Å²) in [6.45, 7) is 1.71. The summed E-state index contributed by atoms with van der Waals surface area (Å²) in [5.74, 6) is 1.27. The highest BCUT2D eigenvalue weighted by atomic mass is 16.1. The van der Waals surface area contributed by atoms with Crippen molar-refractivity contribution in [3.63, 3.8) is 0 Å². The molecule has 1 heterocycles. The number of nitrogens with zero attached hydrogens (tertiary/aromatic N) is 1. The highest BCUT2D eigenvalue weighted by molar-refractivity contribution is 5.81. The van der Waals surface area contributed by atoms with Crippen LogP contribution in [0.5, 0.6) is 0 Å². The van der Waals surface area contributed by atoms with E-state index in [1.807, 2.05) is 0 Å². The third kappa shape index (κ3) is 1.09. The second kappa shape index (κ2) is 2.31.